The van der Waals surface area contributed by atoms with Crippen LogP contribution in [0.2, 0.25) is 0 Å². The molecule has 1 N–H and O–H groups in total. The molecular formula is C17H26N2O. The third-order valence-electron chi connectivity index (χ3n) is 3.73. The second-order valence-corrected chi connectivity index (χ2v) is 5.36. The van der Waals surface area contributed by atoms with E-state index in [9.17, 15) is 0 Å². The Morgan fingerprint density at radius 2 is 1.95 bits per heavy atom. The van der Waals surface area contributed by atoms with Gasteiger partial charge in [0.1, 0.15) is 5.75 Å². The summed E-state index contributed by atoms with van der Waals surface area (Å²) in [6.45, 7) is 12.5. The molecule has 0 aromatic heterocycles. The predicted molar refractivity (Wildman–Crippen MR) is 85.4 cm³/mol. The fourth-order valence-electron chi connectivity index (χ4n) is 2.53. The van der Waals surface area contributed by atoms with Gasteiger partial charge < -0.3 is 10.1 Å². The van der Waals surface area contributed by atoms with Crippen LogP contribution in [0.15, 0.2) is 18.2 Å². The molecule has 110 valence electrons. The number of hydrogen-bond donors (Lipinski definition) is 1. The highest BCUT2D eigenvalue weighted by atomic mass is 16.5. The number of benzene rings is 1. The average Bonchev–Trinajstić information content (AvgIpc) is 2.45. The molecule has 0 atom stereocenters. The van der Waals surface area contributed by atoms with Crippen molar-refractivity contribution in [3.63, 3.8) is 0 Å². The highest BCUT2D eigenvalue weighted by Crippen LogP contribution is 2.23. The molecular weight excluding hydrogens is 248 g/mol. The minimum absolute atomic E-state index is 0.721. The van der Waals surface area contributed by atoms with E-state index in [0.717, 1.165) is 45.1 Å². The van der Waals surface area contributed by atoms with Gasteiger partial charge in [-0.15, -0.1) is 0 Å². The van der Waals surface area contributed by atoms with Gasteiger partial charge in [-0.05, 0) is 49.6 Å². The third-order valence-corrected chi connectivity index (χ3v) is 3.73. The fraction of sp³-hybridized carbons (Fsp3) is 0.529. The van der Waals surface area contributed by atoms with E-state index in [1.165, 1.54) is 16.7 Å². The van der Waals surface area contributed by atoms with Gasteiger partial charge >= 0.3 is 0 Å². The van der Waals surface area contributed by atoms with Crippen LogP contribution < -0.4 is 10.1 Å². The SMILES string of the molecule is CCOc1cc(C)c(/C=C/CN2CCNCC2)cc1C. The molecule has 0 unspecified atom stereocenters. The Hall–Kier alpha value is -1.32. The zero-order valence-electron chi connectivity index (χ0n) is 12.9. The minimum Gasteiger partial charge on any atom is -0.494 e. The summed E-state index contributed by atoms with van der Waals surface area (Å²) >= 11 is 0. The van der Waals surface area contributed by atoms with Gasteiger partial charge in [-0.3, -0.25) is 4.90 Å². The second kappa shape index (κ2) is 7.46. The van der Waals surface area contributed by atoms with Crippen molar-refractivity contribution in [2.45, 2.75) is 20.8 Å². The maximum atomic E-state index is 5.63. The molecule has 1 aliphatic rings. The molecule has 20 heavy (non-hydrogen) atoms. The summed E-state index contributed by atoms with van der Waals surface area (Å²) in [6.07, 6.45) is 4.51. The first-order valence-corrected chi connectivity index (χ1v) is 7.54. The van der Waals surface area contributed by atoms with Crippen LogP contribution in [-0.2, 0) is 0 Å². The summed E-state index contributed by atoms with van der Waals surface area (Å²) in [5, 5.41) is 3.38. The van der Waals surface area contributed by atoms with Crippen molar-refractivity contribution < 1.29 is 4.74 Å². The van der Waals surface area contributed by atoms with Gasteiger partial charge in [0.2, 0.25) is 0 Å². The number of hydrogen-bond acceptors (Lipinski definition) is 3. The van der Waals surface area contributed by atoms with Gasteiger partial charge in [0, 0.05) is 32.7 Å². The molecule has 0 radical (unpaired) electrons. The van der Waals surface area contributed by atoms with Gasteiger partial charge in [0.05, 0.1) is 6.61 Å². The van der Waals surface area contributed by atoms with Crippen LogP contribution in [0, 0.1) is 13.8 Å². The topological polar surface area (TPSA) is 24.5 Å². The first-order valence-electron chi connectivity index (χ1n) is 7.54. The fourth-order valence-corrected chi connectivity index (χ4v) is 2.53. The third kappa shape index (κ3) is 4.09. The molecule has 1 aromatic carbocycles. The largest absolute Gasteiger partial charge is 0.494 e. The summed E-state index contributed by atoms with van der Waals surface area (Å²) in [6, 6.07) is 4.36. The molecule has 0 saturated carbocycles. The quantitative estimate of drug-likeness (QED) is 0.893. The van der Waals surface area contributed by atoms with Crippen LogP contribution in [0.5, 0.6) is 5.75 Å². The van der Waals surface area contributed by atoms with Gasteiger partial charge in [-0.1, -0.05) is 12.2 Å². The van der Waals surface area contributed by atoms with E-state index in [2.05, 4.69) is 48.3 Å². The van der Waals surface area contributed by atoms with Crippen LogP contribution in [0.1, 0.15) is 23.6 Å². The predicted octanol–water partition coefficient (Wildman–Crippen LogP) is 2.62. The van der Waals surface area contributed by atoms with Crippen molar-refractivity contribution in [1.29, 1.82) is 0 Å². The first-order chi connectivity index (χ1) is 9.70. The molecule has 1 heterocycles. The normalized spacial score (nSPS) is 16.8. The Bertz CT molecular complexity index is 462. The lowest BCUT2D eigenvalue weighted by Gasteiger charge is -2.25. The molecule has 3 nitrogen and oxygen atoms in total. The van der Waals surface area contributed by atoms with Crippen molar-refractivity contribution in [2.24, 2.45) is 0 Å². The lowest BCUT2D eigenvalue weighted by atomic mass is 10.0. The van der Waals surface area contributed by atoms with E-state index < -0.39 is 0 Å². The van der Waals surface area contributed by atoms with Crippen LogP contribution in [-0.4, -0.2) is 44.2 Å². The molecule has 0 aliphatic carbocycles. The highest BCUT2D eigenvalue weighted by Gasteiger charge is 2.07. The van der Waals surface area contributed by atoms with E-state index >= 15 is 0 Å². The second-order valence-electron chi connectivity index (χ2n) is 5.36. The number of nitrogens with one attached hydrogen (secondary N) is 1. The van der Waals surface area contributed by atoms with Gasteiger partial charge in [0.25, 0.3) is 0 Å². The Balaban J connectivity index is 1.99. The number of aryl methyl sites for hydroxylation is 2. The Morgan fingerprint density at radius 1 is 1.20 bits per heavy atom. The molecule has 1 fully saturated rings. The summed E-state index contributed by atoms with van der Waals surface area (Å²) in [4.78, 5) is 2.48. The first kappa shape index (κ1) is 15.1. The number of rotatable bonds is 5. The smallest absolute Gasteiger partial charge is 0.122 e. The lowest BCUT2D eigenvalue weighted by molar-refractivity contribution is 0.265. The van der Waals surface area contributed by atoms with Crippen molar-refractivity contribution in [1.82, 2.24) is 10.2 Å². The zero-order chi connectivity index (χ0) is 14.4. The van der Waals surface area contributed by atoms with Crippen molar-refractivity contribution in [3.8, 4) is 5.75 Å². The van der Waals surface area contributed by atoms with Crippen LogP contribution in [0.4, 0.5) is 0 Å². The molecule has 2 rings (SSSR count). The van der Waals surface area contributed by atoms with Crippen LogP contribution in [0.25, 0.3) is 6.08 Å². The monoisotopic (exact) mass is 274 g/mol. The highest BCUT2D eigenvalue weighted by molar-refractivity contribution is 5.57. The minimum atomic E-state index is 0.721. The standard InChI is InChI=1S/C17H26N2O/c1-4-20-17-13-14(2)16(12-15(17)3)6-5-9-19-10-7-18-8-11-19/h5-6,12-13,18H,4,7-11H2,1-3H3/b6-5+. The van der Waals surface area contributed by atoms with Gasteiger partial charge in [-0.2, -0.15) is 0 Å². The van der Waals surface area contributed by atoms with E-state index in [4.69, 9.17) is 4.74 Å². The summed E-state index contributed by atoms with van der Waals surface area (Å²) < 4.78 is 5.63. The van der Waals surface area contributed by atoms with E-state index in [-0.39, 0.29) is 0 Å². The molecule has 0 spiro atoms. The van der Waals surface area contributed by atoms with Crippen molar-refractivity contribution in [3.05, 3.63) is 34.9 Å². The van der Waals surface area contributed by atoms with E-state index in [1.807, 2.05) is 6.92 Å². The van der Waals surface area contributed by atoms with Crippen LogP contribution in [0.3, 0.4) is 0 Å². The van der Waals surface area contributed by atoms with Gasteiger partial charge in [0.15, 0.2) is 0 Å². The maximum Gasteiger partial charge on any atom is 0.122 e. The zero-order valence-corrected chi connectivity index (χ0v) is 12.9. The summed E-state index contributed by atoms with van der Waals surface area (Å²) in [5.74, 6) is 1.00. The average molecular weight is 274 g/mol. The molecule has 0 amide bonds. The molecule has 3 heteroatoms. The number of nitrogens with zero attached hydrogens (tertiary/aromatic N) is 1. The van der Waals surface area contributed by atoms with Crippen LogP contribution >= 0.6 is 0 Å². The number of piperazine rings is 1. The van der Waals surface area contributed by atoms with Crippen molar-refractivity contribution in [2.75, 3.05) is 39.3 Å². The lowest BCUT2D eigenvalue weighted by Crippen LogP contribution is -2.43. The Labute approximate surface area is 122 Å². The number of ether oxygens (including phenoxy) is 1. The summed E-state index contributed by atoms with van der Waals surface area (Å²) in [5.41, 5.74) is 3.77. The molecule has 1 aromatic rings. The van der Waals surface area contributed by atoms with Crippen molar-refractivity contribution >= 4 is 6.08 Å². The summed E-state index contributed by atoms with van der Waals surface area (Å²) in [7, 11) is 0. The molecule has 1 aliphatic heterocycles. The van der Waals surface area contributed by atoms with E-state index in [0.29, 0.717) is 0 Å². The Kier molecular flexibility index (Phi) is 5.62. The molecule has 1 saturated heterocycles. The van der Waals surface area contributed by atoms with E-state index in [1.54, 1.807) is 0 Å². The Morgan fingerprint density at radius 3 is 2.65 bits per heavy atom. The molecule has 0 bridgehead atoms. The maximum absolute atomic E-state index is 5.63. The van der Waals surface area contributed by atoms with Gasteiger partial charge in [-0.25, -0.2) is 0 Å².